The van der Waals surface area contributed by atoms with Gasteiger partial charge in [0.1, 0.15) is 0 Å². The van der Waals surface area contributed by atoms with E-state index in [-0.39, 0.29) is 6.29 Å². The smallest absolute Gasteiger partial charge is 0.202 e. The number of hydrogen-bond acceptors (Lipinski definition) is 2. The van der Waals surface area contributed by atoms with Crippen molar-refractivity contribution in [3.05, 3.63) is 11.8 Å². The van der Waals surface area contributed by atoms with Crippen LogP contribution in [-0.4, -0.2) is 13.4 Å². The van der Waals surface area contributed by atoms with Gasteiger partial charge in [-0.2, -0.15) is 0 Å². The van der Waals surface area contributed by atoms with E-state index in [1.54, 1.807) is 7.11 Å². The molecule has 2 aliphatic rings. The molecular formula is C11H18O2. The highest BCUT2D eigenvalue weighted by molar-refractivity contribution is 5.09. The molecule has 2 nitrogen and oxygen atoms in total. The first-order valence-electron chi connectivity index (χ1n) is 5.09. The Labute approximate surface area is 79.9 Å². The molecule has 0 bridgehead atoms. The molecule has 1 saturated carbocycles. The third-order valence-corrected chi connectivity index (χ3v) is 3.57. The minimum Gasteiger partial charge on any atom is -0.472 e. The van der Waals surface area contributed by atoms with E-state index in [0.29, 0.717) is 11.8 Å². The molecule has 0 amide bonds. The van der Waals surface area contributed by atoms with Gasteiger partial charge in [0.15, 0.2) is 0 Å². The molecule has 0 radical (unpaired) electrons. The van der Waals surface area contributed by atoms with Crippen molar-refractivity contribution in [2.45, 2.75) is 33.0 Å². The van der Waals surface area contributed by atoms with Gasteiger partial charge in [-0.3, -0.25) is 0 Å². The van der Waals surface area contributed by atoms with E-state index in [1.807, 2.05) is 6.26 Å². The van der Waals surface area contributed by atoms with Crippen LogP contribution in [0.1, 0.15) is 26.7 Å². The Kier molecular flexibility index (Phi) is 2.33. The van der Waals surface area contributed by atoms with Crippen molar-refractivity contribution >= 4 is 0 Å². The van der Waals surface area contributed by atoms with E-state index in [4.69, 9.17) is 9.47 Å². The van der Waals surface area contributed by atoms with Crippen LogP contribution in [0.25, 0.3) is 0 Å². The molecular weight excluding hydrogens is 164 g/mol. The maximum absolute atomic E-state index is 5.54. The van der Waals surface area contributed by atoms with Crippen molar-refractivity contribution < 1.29 is 9.47 Å². The normalized spacial score (nSPS) is 43.8. The van der Waals surface area contributed by atoms with Gasteiger partial charge in [-0.15, -0.1) is 0 Å². The second-order valence-corrected chi connectivity index (χ2v) is 4.34. The van der Waals surface area contributed by atoms with Gasteiger partial charge >= 0.3 is 0 Å². The van der Waals surface area contributed by atoms with Crippen molar-refractivity contribution in [1.29, 1.82) is 0 Å². The first-order chi connectivity index (χ1) is 6.24. The topological polar surface area (TPSA) is 18.5 Å². The average molecular weight is 182 g/mol. The van der Waals surface area contributed by atoms with Gasteiger partial charge in [0, 0.05) is 13.0 Å². The van der Waals surface area contributed by atoms with Crippen molar-refractivity contribution in [3.63, 3.8) is 0 Å². The van der Waals surface area contributed by atoms with Crippen LogP contribution >= 0.6 is 0 Å². The highest BCUT2D eigenvalue weighted by atomic mass is 16.7. The summed E-state index contributed by atoms with van der Waals surface area (Å²) < 4.78 is 10.9. The van der Waals surface area contributed by atoms with Gasteiger partial charge in [0.2, 0.25) is 6.29 Å². The SMILES string of the molecule is CO[C@@H]1OC=C(C)[C@H]2CC[C@@H](C)[C@@H]12. The molecule has 0 unspecified atom stereocenters. The zero-order valence-electron chi connectivity index (χ0n) is 8.62. The molecule has 1 fully saturated rings. The summed E-state index contributed by atoms with van der Waals surface area (Å²) in [5, 5.41) is 0. The third kappa shape index (κ3) is 1.37. The predicted octanol–water partition coefficient (Wildman–Crippen LogP) is 2.56. The molecule has 74 valence electrons. The number of hydrogen-bond donors (Lipinski definition) is 0. The van der Waals surface area contributed by atoms with E-state index in [9.17, 15) is 0 Å². The van der Waals surface area contributed by atoms with Gasteiger partial charge in [-0.25, -0.2) is 0 Å². The fourth-order valence-electron chi connectivity index (χ4n) is 2.78. The molecule has 0 spiro atoms. The van der Waals surface area contributed by atoms with Gasteiger partial charge in [0.05, 0.1) is 6.26 Å². The summed E-state index contributed by atoms with van der Waals surface area (Å²) in [6.07, 6.45) is 4.49. The van der Waals surface area contributed by atoms with E-state index in [2.05, 4.69) is 13.8 Å². The van der Waals surface area contributed by atoms with Crippen LogP contribution in [0.2, 0.25) is 0 Å². The molecule has 4 atom stereocenters. The Hall–Kier alpha value is -0.500. The maximum Gasteiger partial charge on any atom is 0.202 e. The van der Waals surface area contributed by atoms with Gasteiger partial charge in [0.25, 0.3) is 0 Å². The fraction of sp³-hybridized carbons (Fsp3) is 0.818. The monoisotopic (exact) mass is 182 g/mol. The first-order valence-corrected chi connectivity index (χ1v) is 5.09. The number of ether oxygens (including phenoxy) is 2. The summed E-state index contributed by atoms with van der Waals surface area (Å²) in [7, 11) is 1.74. The summed E-state index contributed by atoms with van der Waals surface area (Å²) >= 11 is 0. The van der Waals surface area contributed by atoms with Crippen LogP contribution < -0.4 is 0 Å². The van der Waals surface area contributed by atoms with Crippen molar-refractivity contribution in [3.8, 4) is 0 Å². The Bertz CT molecular complexity index is 222. The molecule has 13 heavy (non-hydrogen) atoms. The molecule has 0 aromatic rings. The maximum atomic E-state index is 5.54. The zero-order valence-corrected chi connectivity index (χ0v) is 8.62. The zero-order chi connectivity index (χ0) is 9.42. The predicted molar refractivity (Wildman–Crippen MR) is 51.0 cm³/mol. The largest absolute Gasteiger partial charge is 0.472 e. The Morgan fingerprint density at radius 1 is 1.46 bits per heavy atom. The van der Waals surface area contributed by atoms with Crippen LogP contribution in [0.4, 0.5) is 0 Å². The number of fused-ring (bicyclic) bond motifs is 1. The second kappa shape index (κ2) is 3.33. The third-order valence-electron chi connectivity index (χ3n) is 3.57. The lowest BCUT2D eigenvalue weighted by atomic mass is 9.84. The Balaban J connectivity index is 2.21. The molecule has 1 aliphatic carbocycles. The van der Waals surface area contributed by atoms with Crippen LogP contribution in [0.5, 0.6) is 0 Å². The highest BCUT2D eigenvalue weighted by Crippen LogP contribution is 2.46. The molecule has 0 aromatic carbocycles. The van der Waals surface area contributed by atoms with Crippen molar-refractivity contribution in [1.82, 2.24) is 0 Å². The summed E-state index contributed by atoms with van der Waals surface area (Å²) in [6.45, 7) is 4.47. The quantitative estimate of drug-likeness (QED) is 0.620. The lowest BCUT2D eigenvalue weighted by Gasteiger charge is -2.34. The molecule has 1 aliphatic heterocycles. The van der Waals surface area contributed by atoms with Gasteiger partial charge in [-0.05, 0) is 37.2 Å². The Morgan fingerprint density at radius 3 is 2.92 bits per heavy atom. The van der Waals surface area contributed by atoms with Crippen LogP contribution in [0, 0.1) is 17.8 Å². The van der Waals surface area contributed by atoms with Crippen LogP contribution in [0.15, 0.2) is 11.8 Å². The van der Waals surface area contributed by atoms with Gasteiger partial charge in [-0.1, -0.05) is 6.92 Å². The standard InChI is InChI=1S/C11H18O2/c1-7-4-5-9-8(2)6-13-11(12-3)10(7)9/h6-7,9-11H,4-5H2,1-3H3/t7-,9-,10-,11-/m1/s1. The minimum absolute atomic E-state index is 0.00815. The number of methoxy groups -OCH3 is 1. The molecule has 2 heteroatoms. The first kappa shape index (κ1) is 9.07. The van der Waals surface area contributed by atoms with E-state index in [1.165, 1.54) is 18.4 Å². The van der Waals surface area contributed by atoms with Gasteiger partial charge < -0.3 is 9.47 Å². The lowest BCUT2D eigenvalue weighted by molar-refractivity contribution is -0.144. The summed E-state index contributed by atoms with van der Waals surface area (Å²) in [5.41, 5.74) is 1.39. The molecule has 1 heterocycles. The van der Waals surface area contributed by atoms with Crippen LogP contribution in [0.3, 0.4) is 0 Å². The summed E-state index contributed by atoms with van der Waals surface area (Å²) in [6, 6.07) is 0. The number of rotatable bonds is 1. The number of allylic oxidation sites excluding steroid dienone is 1. The Morgan fingerprint density at radius 2 is 2.23 bits per heavy atom. The summed E-state index contributed by atoms with van der Waals surface area (Å²) in [5.74, 6) is 2.02. The highest BCUT2D eigenvalue weighted by Gasteiger charge is 2.42. The lowest BCUT2D eigenvalue weighted by Crippen LogP contribution is -2.34. The van der Waals surface area contributed by atoms with E-state index < -0.39 is 0 Å². The van der Waals surface area contributed by atoms with Crippen LogP contribution in [-0.2, 0) is 9.47 Å². The second-order valence-electron chi connectivity index (χ2n) is 4.34. The van der Waals surface area contributed by atoms with Crippen molar-refractivity contribution in [2.24, 2.45) is 17.8 Å². The fourth-order valence-corrected chi connectivity index (χ4v) is 2.78. The molecule has 0 saturated heterocycles. The minimum atomic E-state index is -0.00815. The molecule has 2 rings (SSSR count). The van der Waals surface area contributed by atoms with E-state index >= 15 is 0 Å². The van der Waals surface area contributed by atoms with E-state index in [0.717, 1.165) is 5.92 Å². The average Bonchev–Trinajstić information content (AvgIpc) is 2.51. The molecule has 0 aromatic heterocycles. The van der Waals surface area contributed by atoms with Crippen molar-refractivity contribution in [2.75, 3.05) is 7.11 Å². The molecule has 0 N–H and O–H groups in total. The summed E-state index contributed by atoms with van der Waals surface area (Å²) in [4.78, 5) is 0.